The standard InChI is InChI=1S/C18H20N4OS/c1-13(2)23-16-10-6-9-15(11-16)17-20-21-18(22(17)19)24-12-14-7-4-3-5-8-14/h3-11,13H,12,19H2,1-2H3. The highest BCUT2D eigenvalue weighted by Crippen LogP contribution is 2.26. The van der Waals surface area contributed by atoms with Gasteiger partial charge in [-0.05, 0) is 31.5 Å². The van der Waals surface area contributed by atoms with E-state index in [9.17, 15) is 0 Å². The molecule has 0 unspecified atom stereocenters. The molecule has 1 heterocycles. The lowest BCUT2D eigenvalue weighted by Crippen LogP contribution is -2.11. The third-order valence-electron chi connectivity index (χ3n) is 3.34. The Morgan fingerprint density at radius 3 is 2.62 bits per heavy atom. The molecular formula is C18H20N4OS. The Hall–Kier alpha value is -2.47. The lowest BCUT2D eigenvalue weighted by atomic mass is 10.2. The van der Waals surface area contributed by atoms with Crippen molar-refractivity contribution >= 4 is 11.8 Å². The first-order valence-corrected chi connectivity index (χ1v) is 8.76. The second-order valence-electron chi connectivity index (χ2n) is 5.64. The summed E-state index contributed by atoms with van der Waals surface area (Å²) in [6.07, 6.45) is 0.119. The number of benzene rings is 2. The van der Waals surface area contributed by atoms with Crippen LogP contribution in [0.5, 0.6) is 5.75 Å². The molecule has 0 aliphatic carbocycles. The number of ether oxygens (including phenoxy) is 1. The molecule has 2 N–H and O–H groups in total. The van der Waals surface area contributed by atoms with Crippen LogP contribution in [0, 0.1) is 0 Å². The van der Waals surface area contributed by atoms with E-state index in [1.165, 1.54) is 10.2 Å². The number of hydrogen-bond acceptors (Lipinski definition) is 5. The van der Waals surface area contributed by atoms with Crippen LogP contribution in [0.2, 0.25) is 0 Å². The maximum atomic E-state index is 6.18. The molecule has 6 heteroatoms. The number of aromatic nitrogens is 3. The third kappa shape index (κ3) is 3.89. The van der Waals surface area contributed by atoms with Crippen molar-refractivity contribution < 1.29 is 4.74 Å². The second-order valence-corrected chi connectivity index (χ2v) is 6.59. The maximum Gasteiger partial charge on any atom is 0.210 e. The monoisotopic (exact) mass is 340 g/mol. The highest BCUT2D eigenvalue weighted by molar-refractivity contribution is 7.98. The molecule has 3 aromatic rings. The van der Waals surface area contributed by atoms with Crippen molar-refractivity contribution in [1.29, 1.82) is 0 Å². The van der Waals surface area contributed by atoms with Gasteiger partial charge in [0, 0.05) is 11.3 Å². The van der Waals surface area contributed by atoms with Gasteiger partial charge in [-0.15, -0.1) is 10.2 Å². The fourth-order valence-corrected chi connectivity index (χ4v) is 3.09. The number of nitrogen functional groups attached to an aromatic ring is 1. The van der Waals surface area contributed by atoms with E-state index in [-0.39, 0.29) is 6.10 Å². The summed E-state index contributed by atoms with van der Waals surface area (Å²) in [6, 6.07) is 17.9. The van der Waals surface area contributed by atoms with Gasteiger partial charge in [-0.25, -0.2) is 4.68 Å². The van der Waals surface area contributed by atoms with Crippen molar-refractivity contribution in [3.8, 4) is 17.1 Å². The topological polar surface area (TPSA) is 66.0 Å². The predicted molar refractivity (Wildman–Crippen MR) is 97.4 cm³/mol. The zero-order valence-electron chi connectivity index (χ0n) is 13.7. The molecule has 2 aromatic carbocycles. The lowest BCUT2D eigenvalue weighted by molar-refractivity contribution is 0.242. The predicted octanol–water partition coefficient (Wildman–Crippen LogP) is 3.74. The number of nitrogens with zero attached hydrogens (tertiary/aromatic N) is 3. The van der Waals surface area contributed by atoms with Gasteiger partial charge in [0.05, 0.1) is 6.10 Å². The largest absolute Gasteiger partial charge is 0.491 e. The number of hydrogen-bond donors (Lipinski definition) is 1. The van der Waals surface area contributed by atoms with E-state index < -0.39 is 0 Å². The second kappa shape index (κ2) is 7.40. The molecule has 0 aliphatic heterocycles. The zero-order valence-corrected chi connectivity index (χ0v) is 14.5. The Morgan fingerprint density at radius 1 is 1.08 bits per heavy atom. The number of rotatable bonds is 6. The van der Waals surface area contributed by atoms with Crippen LogP contribution >= 0.6 is 11.8 Å². The van der Waals surface area contributed by atoms with Crippen molar-refractivity contribution in [2.45, 2.75) is 30.9 Å². The normalized spacial score (nSPS) is 11.0. The molecule has 124 valence electrons. The molecule has 0 saturated carbocycles. The molecule has 24 heavy (non-hydrogen) atoms. The van der Waals surface area contributed by atoms with Gasteiger partial charge in [0.15, 0.2) is 5.82 Å². The molecule has 0 saturated heterocycles. The summed E-state index contributed by atoms with van der Waals surface area (Å²) in [5, 5.41) is 9.12. The fourth-order valence-electron chi connectivity index (χ4n) is 2.28. The summed E-state index contributed by atoms with van der Waals surface area (Å²) in [5.74, 6) is 8.40. The molecule has 0 bridgehead atoms. The molecule has 5 nitrogen and oxygen atoms in total. The van der Waals surface area contributed by atoms with Crippen LogP contribution in [-0.4, -0.2) is 21.0 Å². The van der Waals surface area contributed by atoms with Crippen LogP contribution in [0.1, 0.15) is 19.4 Å². The highest BCUT2D eigenvalue weighted by atomic mass is 32.2. The van der Waals surface area contributed by atoms with E-state index in [0.717, 1.165) is 17.1 Å². The molecule has 0 fully saturated rings. The van der Waals surface area contributed by atoms with Gasteiger partial charge in [-0.3, -0.25) is 0 Å². The van der Waals surface area contributed by atoms with Gasteiger partial charge in [0.1, 0.15) is 5.75 Å². The summed E-state index contributed by atoms with van der Waals surface area (Å²) >= 11 is 1.56. The van der Waals surface area contributed by atoms with Crippen LogP contribution in [0.15, 0.2) is 59.8 Å². The van der Waals surface area contributed by atoms with E-state index in [0.29, 0.717) is 11.0 Å². The van der Waals surface area contributed by atoms with Crippen molar-refractivity contribution in [2.24, 2.45) is 0 Å². The summed E-state index contributed by atoms with van der Waals surface area (Å²) < 4.78 is 7.25. The van der Waals surface area contributed by atoms with Gasteiger partial charge < -0.3 is 10.6 Å². The first-order valence-electron chi connectivity index (χ1n) is 7.78. The minimum atomic E-state index is 0.119. The van der Waals surface area contributed by atoms with Gasteiger partial charge in [-0.2, -0.15) is 0 Å². The Bertz CT molecular complexity index is 802. The minimum absolute atomic E-state index is 0.119. The van der Waals surface area contributed by atoms with E-state index in [1.54, 1.807) is 11.8 Å². The Morgan fingerprint density at radius 2 is 1.88 bits per heavy atom. The van der Waals surface area contributed by atoms with E-state index in [2.05, 4.69) is 22.3 Å². The lowest BCUT2D eigenvalue weighted by Gasteiger charge is -2.10. The van der Waals surface area contributed by atoms with Gasteiger partial charge >= 0.3 is 0 Å². The van der Waals surface area contributed by atoms with Gasteiger partial charge in [-0.1, -0.05) is 54.2 Å². The van der Waals surface area contributed by atoms with Gasteiger partial charge in [0.25, 0.3) is 0 Å². The van der Waals surface area contributed by atoms with Crippen LogP contribution < -0.4 is 10.6 Å². The molecule has 0 aliphatic rings. The van der Waals surface area contributed by atoms with E-state index >= 15 is 0 Å². The van der Waals surface area contributed by atoms with Crippen molar-refractivity contribution in [1.82, 2.24) is 14.9 Å². The SMILES string of the molecule is CC(C)Oc1cccc(-c2nnc(SCc3ccccc3)n2N)c1. The summed E-state index contributed by atoms with van der Waals surface area (Å²) in [5.41, 5.74) is 2.11. The van der Waals surface area contributed by atoms with Crippen molar-refractivity contribution in [3.05, 3.63) is 60.2 Å². The van der Waals surface area contributed by atoms with Crippen LogP contribution in [0.3, 0.4) is 0 Å². The average Bonchev–Trinajstić information content (AvgIpc) is 2.94. The highest BCUT2D eigenvalue weighted by Gasteiger charge is 2.13. The summed E-state index contributed by atoms with van der Waals surface area (Å²) in [6.45, 7) is 3.99. The molecule has 0 spiro atoms. The van der Waals surface area contributed by atoms with E-state index in [4.69, 9.17) is 10.6 Å². The smallest absolute Gasteiger partial charge is 0.210 e. The third-order valence-corrected chi connectivity index (χ3v) is 4.35. The molecule has 0 atom stereocenters. The first kappa shape index (κ1) is 16.4. The summed E-state index contributed by atoms with van der Waals surface area (Å²) in [7, 11) is 0. The Labute approximate surface area is 145 Å². The quantitative estimate of drug-likeness (QED) is 0.547. The molecule has 0 radical (unpaired) electrons. The van der Waals surface area contributed by atoms with Crippen LogP contribution in [-0.2, 0) is 5.75 Å². The molecular weight excluding hydrogens is 320 g/mol. The number of nitrogens with two attached hydrogens (primary N) is 1. The van der Waals surface area contributed by atoms with Crippen LogP contribution in [0.25, 0.3) is 11.4 Å². The van der Waals surface area contributed by atoms with Gasteiger partial charge in [0.2, 0.25) is 5.16 Å². The average molecular weight is 340 g/mol. The van der Waals surface area contributed by atoms with E-state index in [1.807, 2.05) is 56.3 Å². The summed E-state index contributed by atoms with van der Waals surface area (Å²) in [4.78, 5) is 0. The maximum absolute atomic E-state index is 6.18. The fraction of sp³-hybridized carbons (Fsp3) is 0.222. The van der Waals surface area contributed by atoms with Crippen molar-refractivity contribution in [2.75, 3.05) is 5.84 Å². The van der Waals surface area contributed by atoms with Crippen molar-refractivity contribution in [3.63, 3.8) is 0 Å². The number of thioether (sulfide) groups is 1. The molecule has 0 amide bonds. The van der Waals surface area contributed by atoms with Crippen LogP contribution in [0.4, 0.5) is 0 Å². The Kier molecular flexibility index (Phi) is 5.05. The molecule has 3 rings (SSSR count). The minimum Gasteiger partial charge on any atom is -0.491 e. The molecule has 1 aromatic heterocycles. The Balaban J connectivity index is 1.77. The zero-order chi connectivity index (χ0) is 16.9. The first-order chi connectivity index (χ1) is 11.6.